The summed E-state index contributed by atoms with van der Waals surface area (Å²) >= 11 is 1.29. The largest absolute Gasteiger partial charge is 0.490 e. The van der Waals surface area contributed by atoms with E-state index in [2.05, 4.69) is 41.2 Å². The average molecular weight is 1710 g/mol. The quantitative estimate of drug-likeness (QED) is 0.00822. The molecule has 3 heterocycles. The molecular formula is C70H100F6N14O23P2S. The molecule has 20 N–H and O–H groups in total. The maximum absolute atomic E-state index is 13.3. The maximum Gasteiger partial charge on any atom is 0.490 e. The van der Waals surface area contributed by atoms with E-state index in [1.165, 1.54) is 23.6 Å². The van der Waals surface area contributed by atoms with Crippen molar-refractivity contribution < 1.29 is 138 Å². The number of unbranched alkanes of at least 4 members (excludes halogenated alkanes) is 4. The predicted octanol–water partition coefficient (Wildman–Crippen LogP) is 5.75. The molecule has 2 aromatic heterocycles. The summed E-state index contributed by atoms with van der Waals surface area (Å²) in [6.45, 7) is 6.31. The lowest BCUT2D eigenvalue weighted by Gasteiger charge is -2.29. The monoisotopic (exact) mass is 1710 g/mol. The van der Waals surface area contributed by atoms with Crippen molar-refractivity contribution in [3.05, 3.63) is 77.6 Å². The van der Waals surface area contributed by atoms with Gasteiger partial charge in [0, 0.05) is 100 Å². The minimum Gasteiger partial charge on any atom is -0.480 e. The number of aliphatic carboxylic acids is 4. The number of thioether (sulfide) groups is 1. The number of carbonyl (C=O) groups is 12. The van der Waals surface area contributed by atoms with Crippen molar-refractivity contribution >= 4 is 132 Å². The minimum atomic E-state index is -5.55. The van der Waals surface area contributed by atoms with Gasteiger partial charge in [0.15, 0.2) is 17.0 Å². The van der Waals surface area contributed by atoms with Gasteiger partial charge in [0.25, 0.3) is 11.0 Å². The Kier molecular flexibility index (Phi) is 43.6. The zero-order chi connectivity index (χ0) is 88.1. The number of benzene rings is 2. The van der Waals surface area contributed by atoms with Crippen molar-refractivity contribution in [2.75, 3.05) is 48.8 Å². The summed E-state index contributed by atoms with van der Waals surface area (Å²) in [4.78, 5) is 198. The number of carboxylic acids is 4. The number of imide groups is 1. The number of anilines is 3. The lowest BCUT2D eigenvalue weighted by atomic mass is 9.87. The molecule has 6 atom stereocenters. The highest BCUT2D eigenvalue weighted by molar-refractivity contribution is 8.00. The van der Waals surface area contributed by atoms with Crippen molar-refractivity contribution in [3.8, 4) is 0 Å². The molecule has 5 unspecified atom stereocenters. The number of hydrogen-bond acceptors (Lipinski definition) is 25. The highest BCUT2D eigenvalue weighted by Crippen LogP contribution is 2.69. The topological polar surface area (TPSA) is 629 Å². The van der Waals surface area contributed by atoms with E-state index < -0.39 is 110 Å². The number of amides is 6. The molecule has 0 bridgehead atoms. The molecule has 46 heteroatoms. The molecular weight excluding hydrogens is 1610 g/mol. The predicted molar refractivity (Wildman–Crippen MR) is 409 cm³/mol. The number of Topliss-reactive ketones (excluding diaryl/α,β-unsaturated/α-hetero) is 2. The fourth-order valence-electron chi connectivity index (χ4n) is 10.9. The van der Waals surface area contributed by atoms with Crippen LogP contribution in [0.1, 0.15) is 171 Å². The zero-order valence-electron chi connectivity index (χ0n) is 63.8. The van der Waals surface area contributed by atoms with Crippen LogP contribution in [-0.2, 0) is 74.8 Å². The molecule has 1 aliphatic heterocycles. The SMILES string of the molecule is CC(=O)NC(CCCCNC(=O)CC[C@H](NC(=O)c1ccc(N(C)Cc2cnc3nc(N)nc(N)c3n2)cc1)C(=O)O)C(=O)O.CC(CCCCN)NC(=O)C(CC(=O)C(C)CC(=O)CCCCCN1C(=O)CC(SCCCC(=N)CCCC(O)(P(=O)(O)O)P(=O)(O)O)C1=O)Cc1ccccc1.O=C(O)C(F)(F)F.O=C(O)C(F)(F)F. The third kappa shape index (κ3) is 37.9. The van der Waals surface area contributed by atoms with Crippen LogP contribution in [-0.4, -0.2) is 220 Å². The second-order valence-corrected chi connectivity index (χ2v) is 32.2. The number of nitrogens with one attached hydrogen (secondary N) is 5. The molecule has 37 nitrogen and oxygen atoms in total. The van der Waals surface area contributed by atoms with E-state index in [9.17, 15) is 113 Å². The first-order valence-electron chi connectivity index (χ1n) is 36.1. The van der Waals surface area contributed by atoms with E-state index in [0.717, 1.165) is 30.5 Å². The van der Waals surface area contributed by atoms with Gasteiger partial charge < -0.3 is 93.9 Å². The van der Waals surface area contributed by atoms with E-state index >= 15 is 0 Å². The molecule has 0 spiro atoms. The van der Waals surface area contributed by atoms with Crippen molar-refractivity contribution in [2.45, 2.75) is 203 Å². The third-order valence-electron chi connectivity index (χ3n) is 17.2. The summed E-state index contributed by atoms with van der Waals surface area (Å²) in [5.41, 5.74) is 20.4. The van der Waals surface area contributed by atoms with E-state index in [1.807, 2.05) is 49.2 Å². The molecule has 4 aromatic rings. The maximum atomic E-state index is 13.3. The van der Waals surface area contributed by atoms with Crippen molar-refractivity contribution in [3.63, 3.8) is 0 Å². The number of aliphatic hydroxyl groups is 1. The Morgan fingerprint density at radius 2 is 1.28 bits per heavy atom. The van der Waals surface area contributed by atoms with Gasteiger partial charge >= 0.3 is 51.4 Å². The highest BCUT2D eigenvalue weighted by Gasteiger charge is 2.58. The molecule has 6 amide bonds. The number of carbonyl (C=O) groups excluding carboxylic acids is 8. The lowest BCUT2D eigenvalue weighted by Crippen LogP contribution is -2.41. The summed E-state index contributed by atoms with van der Waals surface area (Å²) in [5, 5.41) is 57.4. The molecule has 1 saturated heterocycles. The molecule has 116 heavy (non-hydrogen) atoms. The number of nitrogens with zero attached hydrogens (tertiary/aromatic N) is 6. The fourth-order valence-corrected chi connectivity index (χ4v) is 14.3. The van der Waals surface area contributed by atoms with E-state index in [0.29, 0.717) is 75.0 Å². The van der Waals surface area contributed by atoms with Crippen LogP contribution in [0.25, 0.3) is 11.2 Å². The number of rotatable bonds is 46. The van der Waals surface area contributed by atoms with Gasteiger partial charge in [-0.2, -0.15) is 36.3 Å². The van der Waals surface area contributed by atoms with Gasteiger partial charge in [0.2, 0.25) is 35.5 Å². The standard InChI is InChI=1S/C38H62N4O12P2S.C28H36N10O7.2C2HF3O2/c1-27(33(44)25-30(24-29-14-5-3-6-15-29)36(46)41-28(2)13-8-9-20-39)23-32(43)18-7-4-10-21-42-35(45)26-34(37(42)47)57-22-12-17-31(40)16-11-19-38(48,55(49,50)51)56(52,53)54;1-15(39)33-19(26(42)43)5-3-4-12-31-21(40)11-10-20(27(44)45)35-25(41)16-6-8-18(9-7-16)38(2)14-17-13-32-24-22(34-17)23(29)36-28(30)37-24;2*3-2(4,5)1(6)7/h3,5-6,14-15,27-28,30,34,40,48H,4,7-13,16-26,39H2,1-2H3,(H,41,46)(H2,49,50,51)(H2,52,53,54);6-9,13,19-20H,3-5,10-12,14H2,1-2H3,(H,31,40)(H,33,39)(H,35,41)(H,42,43)(H,44,45)(H4,29,30,32,36,37);2*(H,6,7)/t;19?,20-;;/m.0../s1. The molecule has 0 radical (unpaired) electrons. The number of halogens is 6. The number of nitrogen functional groups attached to an aromatic ring is 2. The van der Waals surface area contributed by atoms with Crippen LogP contribution in [0.15, 0.2) is 60.8 Å². The second-order valence-electron chi connectivity index (χ2n) is 26.9. The van der Waals surface area contributed by atoms with E-state index in [1.54, 1.807) is 37.4 Å². The number of nitrogens with two attached hydrogens (primary N) is 3. The highest BCUT2D eigenvalue weighted by atomic mass is 32.2. The summed E-state index contributed by atoms with van der Waals surface area (Å²) in [6, 6.07) is 13.7. The molecule has 5 rings (SSSR count). The molecule has 1 aliphatic rings. The first kappa shape index (κ1) is 102. The Hall–Kier alpha value is -9.68. The average Bonchev–Trinajstić information content (AvgIpc) is 1.19. The van der Waals surface area contributed by atoms with Crippen molar-refractivity contribution in [1.29, 1.82) is 5.41 Å². The normalized spacial score (nSPS) is 14.3. The Morgan fingerprint density at radius 3 is 1.84 bits per heavy atom. The summed E-state index contributed by atoms with van der Waals surface area (Å²) in [7, 11) is -9.28. The van der Waals surface area contributed by atoms with Gasteiger partial charge in [-0.05, 0) is 133 Å². The van der Waals surface area contributed by atoms with Gasteiger partial charge in [-0.25, -0.2) is 29.1 Å². The van der Waals surface area contributed by atoms with Gasteiger partial charge in [0.1, 0.15) is 23.7 Å². The number of likely N-dealkylation sites (tertiary alicyclic amines) is 1. The Morgan fingerprint density at radius 1 is 0.707 bits per heavy atom. The molecule has 1 fully saturated rings. The Balaban J connectivity index is 0.000000684. The number of hydrogen-bond donors (Lipinski definition) is 17. The van der Waals surface area contributed by atoms with E-state index in [-0.39, 0.29) is 141 Å². The number of ketones is 2. The van der Waals surface area contributed by atoms with Gasteiger partial charge in [-0.15, -0.1) is 11.8 Å². The lowest BCUT2D eigenvalue weighted by molar-refractivity contribution is -0.193. The minimum absolute atomic E-state index is 0.00208. The summed E-state index contributed by atoms with van der Waals surface area (Å²) in [5.74, 6) is -10.9. The van der Waals surface area contributed by atoms with Crippen molar-refractivity contribution in [2.24, 2.45) is 17.6 Å². The van der Waals surface area contributed by atoms with Crippen LogP contribution < -0.4 is 43.4 Å². The van der Waals surface area contributed by atoms with Gasteiger partial charge in [-0.3, -0.25) is 52.4 Å². The Bertz CT molecular complexity index is 4050. The molecule has 2 aromatic carbocycles. The van der Waals surface area contributed by atoms with Gasteiger partial charge in [-0.1, -0.05) is 50.1 Å². The zero-order valence-corrected chi connectivity index (χ0v) is 66.5. The number of aromatic nitrogens is 4. The molecule has 0 saturated carbocycles. The molecule has 646 valence electrons. The van der Waals surface area contributed by atoms with Crippen LogP contribution in [0, 0.1) is 17.2 Å². The second kappa shape index (κ2) is 49.4. The molecule has 0 aliphatic carbocycles. The Labute approximate surface area is 666 Å². The fraction of sp³-hybridized carbons (Fsp3) is 0.557. The van der Waals surface area contributed by atoms with Crippen LogP contribution in [0.2, 0.25) is 0 Å². The van der Waals surface area contributed by atoms with Crippen LogP contribution in [0.3, 0.4) is 0 Å². The number of carboxylic acid groups (broad SMARTS) is 4. The third-order valence-corrected chi connectivity index (χ3v) is 22.4. The summed E-state index contributed by atoms with van der Waals surface area (Å²) in [6.07, 6.45) is -3.18. The smallest absolute Gasteiger partial charge is 0.480 e. The van der Waals surface area contributed by atoms with Crippen LogP contribution >= 0.6 is 27.0 Å². The first-order valence-corrected chi connectivity index (χ1v) is 40.4. The number of fused-ring (bicyclic) bond motifs is 1. The van der Waals surface area contributed by atoms with E-state index in [4.69, 9.17) is 47.5 Å². The van der Waals surface area contributed by atoms with Crippen LogP contribution in [0.4, 0.5) is 43.8 Å². The van der Waals surface area contributed by atoms with Crippen molar-refractivity contribution in [1.82, 2.24) is 46.1 Å². The van der Waals surface area contributed by atoms with Gasteiger partial charge in [0.05, 0.1) is 23.7 Å². The number of alkyl halides is 6. The summed E-state index contributed by atoms with van der Waals surface area (Å²) < 4.78 is 86.4. The van der Waals surface area contributed by atoms with Crippen LogP contribution in [0.5, 0.6) is 0 Å². The first-order chi connectivity index (χ1) is 53.9.